The zero-order valence-electron chi connectivity index (χ0n) is 15.0. The summed E-state index contributed by atoms with van der Waals surface area (Å²) in [6, 6.07) is 14.8. The van der Waals surface area contributed by atoms with Crippen LogP contribution in [-0.2, 0) is 10.2 Å². The van der Waals surface area contributed by atoms with Crippen molar-refractivity contribution in [2.45, 2.75) is 33.1 Å². The van der Waals surface area contributed by atoms with Gasteiger partial charge < -0.3 is 4.74 Å². The molecule has 4 heteroatoms. The van der Waals surface area contributed by atoms with Gasteiger partial charge in [0.2, 0.25) is 0 Å². The molecule has 2 heterocycles. The molecule has 0 bridgehead atoms. The molecule has 0 aliphatic rings. The number of hydrogen-bond acceptors (Lipinski definition) is 4. The van der Waals surface area contributed by atoms with Gasteiger partial charge in [-0.1, -0.05) is 51.1 Å². The first-order chi connectivity index (χ1) is 11.9. The maximum absolute atomic E-state index is 12.4. The van der Waals surface area contributed by atoms with E-state index in [9.17, 15) is 4.79 Å². The highest BCUT2D eigenvalue weighted by Gasteiger charge is 2.20. The third-order valence-electron chi connectivity index (χ3n) is 4.01. The van der Waals surface area contributed by atoms with Crippen LogP contribution in [0.25, 0.3) is 20.9 Å². The molecular weight excluding hydrogens is 348 g/mol. The van der Waals surface area contributed by atoms with Crippen LogP contribution >= 0.6 is 22.7 Å². The summed E-state index contributed by atoms with van der Waals surface area (Å²) in [5, 5.41) is 2.03. The van der Waals surface area contributed by atoms with Crippen LogP contribution in [0, 0.1) is 0 Å². The molecule has 0 spiro atoms. The zero-order valence-corrected chi connectivity index (χ0v) is 16.6. The first kappa shape index (κ1) is 17.9. The van der Waals surface area contributed by atoms with Gasteiger partial charge in [-0.25, -0.2) is 4.79 Å². The van der Waals surface area contributed by atoms with E-state index < -0.39 is 0 Å². The first-order valence-corrected chi connectivity index (χ1v) is 10.1. The summed E-state index contributed by atoms with van der Waals surface area (Å²) >= 11 is 3.14. The van der Waals surface area contributed by atoms with Gasteiger partial charge in [0.05, 0.1) is 6.61 Å². The highest BCUT2D eigenvalue weighted by Crippen LogP contribution is 2.40. The SMILES string of the molecule is CCOC(=O)c1sc(-c2ccc(C(C)(C)C)cc2)cc1-c1cccs1. The molecule has 2 nitrogen and oxygen atoms in total. The number of benzene rings is 1. The van der Waals surface area contributed by atoms with E-state index in [1.165, 1.54) is 16.9 Å². The standard InChI is InChI=1S/C21H22O2S2/c1-5-23-20(22)19-16(17-7-6-12-24-17)13-18(25-19)14-8-10-15(11-9-14)21(2,3)4/h6-13H,5H2,1-4H3. The Balaban J connectivity index is 2.03. The molecule has 0 aliphatic carbocycles. The third kappa shape index (κ3) is 3.86. The lowest BCUT2D eigenvalue weighted by molar-refractivity contribution is 0.0533. The van der Waals surface area contributed by atoms with Crippen molar-refractivity contribution >= 4 is 28.6 Å². The molecule has 1 aromatic carbocycles. The minimum atomic E-state index is -0.242. The topological polar surface area (TPSA) is 26.3 Å². The van der Waals surface area contributed by atoms with Crippen molar-refractivity contribution in [1.82, 2.24) is 0 Å². The van der Waals surface area contributed by atoms with Crippen molar-refractivity contribution in [2.75, 3.05) is 6.61 Å². The van der Waals surface area contributed by atoms with Crippen LogP contribution in [0.4, 0.5) is 0 Å². The predicted octanol–water partition coefficient (Wildman–Crippen LogP) is 6.62. The summed E-state index contributed by atoms with van der Waals surface area (Å²) in [6.45, 7) is 8.85. The highest BCUT2D eigenvalue weighted by atomic mass is 32.1. The quantitative estimate of drug-likeness (QED) is 0.483. The molecule has 2 aromatic heterocycles. The Morgan fingerprint density at radius 1 is 1.08 bits per heavy atom. The lowest BCUT2D eigenvalue weighted by Crippen LogP contribution is -2.10. The average Bonchev–Trinajstić information content (AvgIpc) is 3.24. The molecule has 0 fully saturated rings. The van der Waals surface area contributed by atoms with Gasteiger partial charge in [-0.2, -0.15) is 0 Å². The maximum atomic E-state index is 12.4. The van der Waals surface area contributed by atoms with Gasteiger partial charge in [-0.3, -0.25) is 0 Å². The number of carbonyl (C=O) groups is 1. The summed E-state index contributed by atoms with van der Waals surface area (Å²) in [5.74, 6) is -0.242. The summed E-state index contributed by atoms with van der Waals surface area (Å²) < 4.78 is 5.26. The molecule has 0 saturated heterocycles. The van der Waals surface area contributed by atoms with Crippen LogP contribution in [-0.4, -0.2) is 12.6 Å². The van der Waals surface area contributed by atoms with E-state index in [-0.39, 0.29) is 11.4 Å². The highest BCUT2D eigenvalue weighted by molar-refractivity contribution is 7.19. The molecule has 130 valence electrons. The fourth-order valence-corrected chi connectivity index (χ4v) is 4.52. The molecule has 0 saturated carbocycles. The second kappa shape index (κ2) is 7.14. The number of rotatable bonds is 4. The van der Waals surface area contributed by atoms with Crippen LogP contribution in [0.2, 0.25) is 0 Å². The van der Waals surface area contributed by atoms with E-state index in [1.807, 2.05) is 24.4 Å². The van der Waals surface area contributed by atoms with Crippen molar-refractivity contribution in [3.05, 3.63) is 58.3 Å². The molecule has 0 radical (unpaired) electrons. The Hall–Kier alpha value is -1.91. The lowest BCUT2D eigenvalue weighted by atomic mass is 9.86. The summed E-state index contributed by atoms with van der Waals surface area (Å²) in [4.78, 5) is 15.2. The second-order valence-corrected chi connectivity index (χ2v) is 8.88. The first-order valence-electron chi connectivity index (χ1n) is 8.36. The predicted molar refractivity (Wildman–Crippen MR) is 108 cm³/mol. The average molecular weight is 371 g/mol. The van der Waals surface area contributed by atoms with E-state index in [4.69, 9.17) is 4.74 Å². The Morgan fingerprint density at radius 3 is 2.36 bits per heavy atom. The van der Waals surface area contributed by atoms with Crippen LogP contribution in [0.15, 0.2) is 47.8 Å². The molecule has 25 heavy (non-hydrogen) atoms. The number of hydrogen-bond donors (Lipinski definition) is 0. The van der Waals surface area contributed by atoms with Crippen LogP contribution in [0.1, 0.15) is 42.9 Å². The Kier molecular flexibility index (Phi) is 5.11. The summed E-state index contributed by atoms with van der Waals surface area (Å²) in [7, 11) is 0. The van der Waals surface area contributed by atoms with Gasteiger partial charge in [0.1, 0.15) is 4.88 Å². The molecule has 3 rings (SSSR count). The number of thiophene rings is 2. The maximum Gasteiger partial charge on any atom is 0.348 e. The molecular formula is C21H22O2S2. The minimum absolute atomic E-state index is 0.131. The Morgan fingerprint density at radius 2 is 1.80 bits per heavy atom. The van der Waals surface area contributed by atoms with E-state index in [0.29, 0.717) is 11.5 Å². The Labute approximate surface area is 157 Å². The van der Waals surface area contributed by atoms with Gasteiger partial charge in [0, 0.05) is 15.3 Å². The largest absolute Gasteiger partial charge is 0.462 e. The van der Waals surface area contributed by atoms with Crippen LogP contribution in [0.3, 0.4) is 0 Å². The van der Waals surface area contributed by atoms with Crippen LogP contribution in [0.5, 0.6) is 0 Å². The fourth-order valence-electron chi connectivity index (χ4n) is 2.63. The second-order valence-electron chi connectivity index (χ2n) is 6.88. The molecule has 0 N–H and O–H groups in total. The smallest absolute Gasteiger partial charge is 0.348 e. The van der Waals surface area contributed by atoms with Crippen molar-refractivity contribution in [3.63, 3.8) is 0 Å². The summed E-state index contributed by atoms with van der Waals surface area (Å²) in [6.07, 6.45) is 0. The van der Waals surface area contributed by atoms with E-state index in [1.54, 1.807) is 11.3 Å². The normalized spacial score (nSPS) is 11.5. The van der Waals surface area contributed by atoms with E-state index in [2.05, 4.69) is 51.1 Å². The molecule has 0 amide bonds. The molecule has 0 aliphatic heterocycles. The van der Waals surface area contributed by atoms with Crippen molar-refractivity contribution in [2.24, 2.45) is 0 Å². The van der Waals surface area contributed by atoms with E-state index in [0.717, 1.165) is 20.9 Å². The van der Waals surface area contributed by atoms with Gasteiger partial charge >= 0.3 is 5.97 Å². The molecule has 0 unspecified atom stereocenters. The monoisotopic (exact) mass is 370 g/mol. The van der Waals surface area contributed by atoms with Crippen LogP contribution < -0.4 is 0 Å². The van der Waals surface area contributed by atoms with Gasteiger partial charge in [0.15, 0.2) is 0 Å². The fraction of sp³-hybridized carbons (Fsp3) is 0.286. The van der Waals surface area contributed by atoms with Gasteiger partial charge in [0.25, 0.3) is 0 Å². The molecule has 0 atom stereocenters. The van der Waals surface area contributed by atoms with Crippen molar-refractivity contribution < 1.29 is 9.53 Å². The third-order valence-corrected chi connectivity index (χ3v) is 6.08. The zero-order chi connectivity index (χ0) is 18.0. The van der Waals surface area contributed by atoms with Crippen molar-refractivity contribution in [1.29, 1.82) is 0 Å². The van der Waals surface area contributed by atoms with Crippen molar-refractivity contribution in [3.8, 4) is 20.9 Å². The minimum Gasteiger partial charge on any atom is -0.462 e. The van der Waals surface area contributed by atoms with Gasteiger partial charge in [-0.15, -0.1) is 22.7 Å². The number of esters is 1. The summed E-state index contributed by atoms with van der Waals surface area (Å²) in [5.41, 5.74) is 3.53. The lowest BCUT2D eigenvalue weighted by Gasteiger charge is -2.18. The Bertz CT molecular complexity index is 850. The van der Waals surface area contributed by atoms with E-state index >= 15 is 0 Å². The molecule has 3 aromatic rings. The number of ether oxygens (including phenoxy) is 1. The van der Waals surface area contributed by atoms with Gasteiger partial charge in [-0.05, 0) is 41.0 Å². The number of carbonyl (C=O) groups excluding carboxylic acids is 1.